The van der Waals surface area contributed by atoms with Gasteiger partial charge in [0.05, 0.1) is 19.2 Å². The van der Waals surface area contributed by atoms with E-state index in [-0.39, 0.29) is 18.7 Å². The molecule has 0 aliphatic rings. The molecular weight excluding hydrogens is 598 g/mol. The van der Waals surface area contributed by atoms with E-state index in [4.69, 9.17) is 9.47 Å². The summed E-state index contributed by atoms with van der Waals surface area (Å²) in [7, 11) is 4.53. The molecule has 1 atom stereocenters. The van der Waals surface area contributed by atoms with E-state index in [1.54, 1.807) is 44.4 Å². The molecular formula is C33H32F2N6O5. The van der Waals surface area contributed by atoms with Gasteiger partial charge in [-0.2, -0.15) is 0 Å². The zero-order valence-electron chi connectivity index (χ0n) is 25.5. The molecule has 2 aromatic heterocycles. The van der Waals surface area contributed by atoms with Gasteiger partial charge in [0.15, 0.2) is 17.9 Å². The minimum atomic E-state index is -1.11. The number of halogens is 2. The summed E-state index contributed by atoms with van der Waals surface area (Å²) in [5.41, 5.74) is 3.00. The van der Waals surface area contributed by atoms with Crippen LogP contribution in [0, 0.1) is 18.6 Å². The van der Waals surface area contributed by atoms with Crippen LogP contribution in [-0.4, -0.2) is 51.1 Å². The van der Waals surface area contributed by atoms with Crippen LogP contribution in [0.2, 0.25) is 0 Å². The van der Waals surface area contributed by atoms with Crippen LogP contribution in [0.3, 0.4) is 0 Å². The summed E-state index contributed by atoms with van der Waals surface area (Å²) in [5.74, 6) is -1.70. The molecule has 46 heavy (non-hydrogen) atoms. The Kier molecular flexibility index (Phi) is 9.54. The number of methoxy groups -OCH3 is 2. The monoisotopic (exact) mass is 630 g/mol. The molecule has 0 aliphatic heterocycles. The van der Waals surface area contributed by atoms with Crippen LogP contribution in [0.25, 0.3) is 17.0 Å². The lowest BCUT2D eigenvalue weighted by Crippen LogP contribution is -2.31. The SMILES string of the molecule is COc1cc(Nc2ncc3cc(C=CCNC(=O)c4c(C)n(C)n(Cc5ccc(F)c(F)c5)c4=O)ccc3n2)ccc1C(O)OC. The molecule has 5 rings (SSSR count). The quantitative estimate of drug-likeness (QED) is 0.181. The minimum absolute atomic E-state index is 0.0206. The van der Waals surface area contributed by atoms with Crippen molar-refractivity contribution in [1.29, 1.82) is 0 Å². The van der Waals surface area contributed by atoms with Crippen molar-refractivity contribution >= 4 is 34.5 Å². The standard InChI is InChI=1S/C33H32F2N6O5/c1-19-29(31(43)41(40(19)2)18-21-7-11-25(34)26(35)15-21)30(42)36-13-5-6-20-8-12-27-22(14-20)17-37-33(39-27)38-23-9-10-24(32(44)46-4)28(16-23)45-3/h5-12,14-17,32,44H,13,18H2,1-4H3,(H,36,42)(H,37,38,39). The summed E-state index contributed by atoms with van der Waals surface area (Å²) >= 11 is 0. The number of nitrogens with one attached hydrogen (secondary N) is 2. The second kappa shape index (κ2) is 13.7. The number of nitrogens with zero attached hydrogens (tertiary/aromatic N) is 4. The molecule has 238 valence electrons. The van der Waals surface area contributed by atoms with Crippen LogP contribution in [0.15, 0.2) is 71.7 Å². The lowest BCUT2D eigenvalue weighted by Gasteiger charge is -2.15. The van der Waals surface area contributed by atoms with Crippen LogP contribution in [0.5, 0.6) is 5.75 Å². The number of carbonyl (C=O) groups excluding carboxylic acids is 1. The van der Waals surface area contributed by atoms with Crippen molar-refractivity contribution in [3.63, 3.8) is 0 Å². The van der Waals surface area contributed by atoms with Gasteiger partial charge in [-0.3, -0.25) is 14.3 Å². The number of hydrogen-bond acceptors (Lipinski definition) is 8. The first-order valence-electron chi connectivity index (χ1n) is 14.2. The third-order valence-corrected chi connectivity index (χ3v) is 7.47. The van der Waals surface area contributed by atoms with Gasteiger partial charge in [-0.05, 0) is 54.4 Å². The maximum atomic E-state index is 13.7. The molecule has 0 aliphatic carbocycles. The van der Waals surface area contributed by atoms with Gasteiger partial charge in [-0.15, -0.1) is 0 Å². The van der Waals surface area contributed by atoms with E-state index in [0.717, 1.165) is 23.1 Å². The van der Waals surface area contributed by atoms with Crippen molar-refractivity contribution in [2.45, 2.75) is 19.8 Å². The Morgan fingerprint density at radius 3 is 2.63 bits per heavy atom. The molecule has 5 aromatic rings. The maximum absolute atomic E-state index is 13.7. The van der Waals surface area contributed by atoms with E-state index < -0.39 is 29.4 Å². The van der Waals surface area contributed by atoms with Gasteiger partial charge in [-0.1, -0.05) is 24.3 Å². The van der Waals surface area contributed by atoms with E-state index in [2.05, 4.69) is 20.6 Å². The molecule has 0 saturated heterocycles. The van der Waals surface area contributed by atoms with Crippen molar-refractivity contribution < 1.29 is 28.2 Å². The summed E-state index contributed by atoms with van der Waals surface area (Å²) in [6, 6.07) is 14.2. The second-order valence-electron chi connectivity index (χ2n) is 10.4. The van der Waals surface area contributed by atoms with E-state index in [0.29, 0.717) is 39.7 Å². The molecule has 13 heteroatoms. The summed E-state index contributed by atoms with van der Waals surface area (Å²) in [4.78, 5) is 34.9. The Balaban J connectivity index is 1.22. The molecule has 1 unspecified atom stereocenters. The predicted octanol–water partition coefficient (Wildman–Crippen LogP) is 4.60. The maximum Gasteiger partial charge on any atom is 0.280 e. The molecule has 3 N–H and O–H groups in total. The average Bonchev–Trinajstić information content (AvgIpc) is 3.26. The van der Waals surface area contributed by atoms with Gasteiger partial charge in [-0.25, -0.2) is 23.4 Å². The number of aromatic nitrogens is 4. The molecule has 0 spiro atoms. The Bertz CT molecular complexity index is 2010. The lowest BCUT2D eigenvalue weighted by atomic mass is 10.1. The zero-order valence-corrected chi connectivity index (χ0v) is 25.5. The van der Waals surface area contributed by atoms with E-state index >= 15 is 0 Å². The Hall–Kier alpha value is -5.40. The van der Waals surface area contributed by atoms with Crippen LogP contribution in [0.4, 0.5) is 20.4 Å². The molecule has 2 heterocycles. The van der Waals surface area contributed by atoms with Gasteiger partial charge in [0.25, 0.3) is 11.5 Å². The zero-order chi connectivity index (χ0) is 33.0. The minimum Gasteiger partial charge on any atom is -0.496 e. The highest BCUT2D eigenvalue weighted by Gasteiger charge is 2.21. The van der Waals surface area contributed by atoms with E-state index in [9.17, 15) is 23.5 Å². The number of aliphatic hydroxyl groups excluding tert-OH is 1. The average molecular weight is 631 g/mol. The van der Waals surface area contributed by atoms with Gasteiger partial charge in [0, 0.05) is 55.3 Å². The molecule has 1 amide bonds. The van der Waals surface area contributed by atoms with Crippen molar-refractivity contribution in [2.24, 2.45) is 7.05 Å². The number of carbonyl (C=O) groups is 1. The van der Waals surface area contributed by atoms with Crippen LogP contribution >= 0.6 is 0 Å². The smallest absolute Gasteiger partial charge is 0.280 e. The summed E-state index contributed by atoms with van der Waals surface area (Å²) in [6.45, 7) is 1.79. The summed E-state index contributed by atoms with van der Waals surface area (Å²) in [6.07, 6.45) is 4.16. The Morgan fingerprint density at radius 2 is 1.89 bits per heavy atom. The molecule has 0 saturated carbocycles. The molecule has 0 bridgehead atoms. The second-order valence-corrected chi connectivity index (χ2v) is 10.4. The number of fused-ring (bicyclic) bond motifs is 1. The third-order valence-electron chi connectivity index (χ3n) is 7.47. The molecule has 11 nitrogen and oxygen atoms in total. The number of hydrogen-bond donors (Lipinski definition) is 3. The topological polar surface area (TPSA) is 133 Å². The van der Waals surface area contributed by atoms with Crippen LogP contribution in [0.1, 0.15) is 39.0 Å². The summed E-state index contributed by atoms with van der Waals surface area (Å²) < 4.78 is 40.1. The van der Waals surface area contributed by atoms with E-state index in [1.807, 2.05) is 24.3 Å². The van der Waals surface area contributed by atoms with Gasteiger partial charge >= 0.3 is 0 Å². The number of benzene rings is 3. The molecule has 0 radical (unpaired) electrons. The Labute approximate surface area is 262 Å². The van der Waals surface area contributed by atoms with E-state index in [1.165, 1.54) is 29.6 Å². The van der Waals surface area contributed by atoms with Gasteiger partial charge < -0.3 is 25.2 Å². The third kappa shape index (κ3) is 6.80. The number of ether oxygens (including phenoxy) is 2. The van der Waals surface area contributed by atoms with Crippen LogP contribution in [-0.2, 0) is 18.3 Å². The first-order chi connectivity index (χ1) is 22.1. The Morgan fingerprint density at radius 1 is 1.09 bits per heavy atom. The fourth-order valence-corrected chi connectivity index (χ4v) is 4.91. The highest BCUT2D eigenvalue weighted by molar-refractivity contribution is 5.95. The number of anilines is 2. The van der Waals surface area contributed by atoms with Gasteiger partial charge in [0.2, 0.25) is 5.95 Å². The highest BCUT2D eigenvalue weighted by atomic mass is 19.2. The summed E-state index contributed by atoms with van der Waals surface area (Å²) in [5, 5.41) is 16.7. The highest BCUT2D eigenvalue weighted by Crippen LogP contribution is 2.30. The first kappa shape index (κ1) is 32.0. The van der Waals surface area contributed by atoms with Crippen molar-refractivity contribution in [3.8, 4) is 5.75 Å². The number of aliphatic hydroxyl groups is 1. The van der Waals surface area contributed by atoms with Crippen molar-refractivity contribution in [1.82, 2.24) is 24.6 Å². The molecule has 0 fully saturated rings. The number of amides is 1. The van der Waals surface area contributed by atoms with Crippen LogP contribution < -0.4 is 20.9 Å². The fourth-order valence-electron chi connectivity index (χ4n) is 4.91. The largest absolute Gasteiger partial charge is 0.496 e. The number of rotatable bonds is 11. The first-order valence-corrected chi connectivity index (χ1v) is 14.2. The lowest BCUT2D eigenvalue weighted by molar-refractivity contribution is -0.0780. The fraction of sp³-hybridized carbons (Fsp3) is 0.212. The molecule has 3 aromatic carbocycles. The predicted molar refractivity (Wildman–Crippen MR) is 169 cm³/mol. The van der Waals surface area contributed by atoms with Gasteiger partial charge in [0.1, 0.15) is 11.3 Å². The normalized spacial score (nSPS) is 12.1. The van der Waals surface area contributed by atoms with Crippen molar-refractivity contribution in [3.05, 3.63) is 117 Å². The van der Waals surface area contributed by atoms with Crippen molar-refractivity contribution in [2.75, 3.05) is 26.1 Å².